The largest absolute Gasteiger partial charge is 0.391 e. The van der Waals surface area contributed by atoms with E-state index in [1.165, 1.54) is 12.2 Å². The molecule has 0 saturated carbocycles. The second-order valence-electron chi connectivity index (χ2n) is 10.3. The lowest BCUT2D eigenvalue weighted by atomic mass is 9.64. The average molecular weight is 574 g/mol. The molecular formula is C31H38ClF2N3O3. The van der Waals surface area contributed by atoms with Crippen molar-refractivity contribution >= 4 is 23.4 Å². The molecule has 4 N–H and O–H groups in total. The molecule has 0 saturated heterocycles. The number of halogens is 3. The van der Waals surface area contributed by atoms with Gasteiger partial charge in [-0.2, -0.15) is 0 Å². The summed E-state index contributed by atoms with van der Waals surface area (Å²) in [5, 5.41) is 14.8. The van der Waals surface area contributed by atoms with E-state index in [-0.39, 0.29) is 35.9 Å². The minimum Gasteiger partial charge on any atom is -0.391 e. The second-order valence-corrected chi connectivity index (χ2v) is 10.8. The van der Waals surface area contributed by atoms with Gasteiger partial charge in [-0.05, 0) is 61.1 Å². The number of nitrogens with zero attached hydrogens (tertiary/aromatic N) is 1. The summed E-state index contributed by atoms with van der Waals surface area (Å²) in [5.41, 5.74) is 5.97. The molecule has 40 heavy (non-hydrogen) atoms. The Hall–Kier alpha value is -3.07. The zero-order valence-electron chi connectivity index (χ0n) is 23.0. The van der Waals surface area contributed by atoms with Crippen LogP contribution in [0.5, 0.6) is 0 Å². The van der Waals surface area contributed by atoms with Crippen molar-refractivity contribution < 1.29 is 23.5 Å². The summed E-state index contributed by atoms with van der Waals surface area (Å²) in [6.07, 6.45) is 3.15. The number of nitrogens with two attached hydrogens (primary N) is 1. The number of benzene rings is 2. The number of aliphatic hydroxyl groups excluding tert-OH is 1. The summed E-state index contributed by atoms with van der Waals surface area (Å²) in [6.45, 7) is 5.52. The molecule has 1 aliphatic rings. The van der Waals surface area contributed by atoms with Crippen LogP contribution < -0.4 is 11.1 Å². The third kappa shape index (κ3) is 7.99. The first-order chi connectivity index (χ1) is 19.1. The SMILES string of the molecule is CCCN(CCC)C(=O)C1=CC(Cl)=CC(C(N)=O)([C@H](Cc2cc(F)cc(F)c2)[C@@H](O)CNCc2ccccc2)C1. The number of aliphatic hydroxyl groups is 1. The van der Waals surface area contributed by atoms with Gasteiger partial charge in [-0.1, -0.05) is 55.8 Å². The fourth-order valence-corrected chi connectivity index (χ4v) is 5.72. The first-order valence-electron chi connectivity index (χ1n) is 13.6. The Morgan fingerprint density at radius 1 is 1.07 bits per heavy atom. The molecular weight excluding hydrogens is 536 g/mol. The number of nitrogens with one attached hydrogen (secondary N) is 1. The van der Waals surface area contributed by atoms with Crippen LogP contribution >= 0.6 is 11.6 Å². The molecule has 0 aromatic heterocycles. The Morgan fingerprint density at radius 2 is 1.70 bits per heavy atom. The normalized spacial score (nSPS) is 18.4. The molecule has 216 valence electrons. The molecule has 3 atom stereocenters. The molecule has 0 radical (unpaired) electrons. The fourth-order valence-electron chi connectivity index (χ4n) is 5.39. The van der Waals surface area contributed by atoms with Crippen LogP contribution in [0.1, 0.15) is 44.2 Å². The number of hydrogen-bond acceptors (Lipinski definition) is 4. The summed E-state index contributed by atoms with van der Waals surface area (Å²) >= 11 is 6.52. The second kappa shape index (κ2) is 14.5. The van der Waals surface area contributed by atoms with Gasteiger partial charge in [0.2, 0.25) is 11.8 Å². The molecule has 1 aliphatic carbocycles. The van der Waals surface area contributed by atoms with Crippen molar-refractivity contribution in [3.8, 4) is 0 Å². The van der Waals surface area contributed by atoms with E-state index >= 15 is 0 Å². The number of amides is 2. The highest BCUT2D eigenvalue weighted by Crippen LogP contribution is 2.45. The predicted octanol–water partition coefficient (Wildman–Crippen LogP) is 4.85. The van der Waals surface area contributed by atoms with Gasteiger partial charge in [-0.15, -0.1) is 0 Å². The summed E-state index contributed by atoms with van der Waals surface area (Å²) in [6, 6.07) is 12.6. The molecule has 9 heteroatoms. The molecule has 1 unspecified atom stereocenters. The molecule has 3 rings (SSSR count). The van der Waals surface area contributed by atoms with Crippen LogP contribution in [0.4, 0.5) is 8.78 Å². The summed E-state index contributed by atoms with van der Waals surface area (Å²) in [5.74, 6) is -3.55. The topological polar surface area (TPSA) is 95.7 Å². The smallest absolute Gasteiger partial charge is 0.249 e. The number of allylic oxidation sites excluding steroid dienone is 2. The van der Waals surface area contributed by atoms with E-state index in [0.717, 1.165) is 36.6 Å². The van der Waals surface area contributed by atoms with Crippen molar-refractivity contribution in [2.45, 2.75) is 52.2 Å². The minimum atomic E-state index is -1.59. The van der Waals surface area contributed by atoms with Gasteiger partial charge >= 0.3 is 0 Å². The van der Waals surface area contributed by atoms with Crippen LogP contribution in [-0.4, -0.2) is 47.6 Å². The Morgan fingerprint density at radius 3 is 2.27 bits per heavy atom. The van der Waals surface area contributed by atoms with Crippen LogP contribution in [0.15, 0.2) is 71.3 Å². The van der Waals surface area contributed by atoms with Gasteiger partial charge in [-0.3, -0.25) is 9.59 Å². The maximum Gasteiger partial charge on any atom is 0.249 e. The van der Waals surface area contributed by atoms with E-state index in [0.29, 0.717) is 25.2 Å². The van der Waals surface area contributed by atoms with Gasteiger partial charge < -0.3 is 21.1 Å². The molecule has 0 aliphatic heterocycles. The zero-order chi connectivity index (χ0) is 29.3. The number of rotatable bonds is 14. The Bertz CT molecular complexity index is 1210. The highest BCUT2D eigenvalue weighted by molar-refractivity contribution is 6.32. The van der Waals surface area contributed by atoms with Crippen molar-refractivity contribution in [1.82, 2.24) is 10.2 Å². The Balaban J connectivity index is 1.99. The molecule has 0 bridgehead atoms. The van der Waals surface area contributed by atoms with Crippen LogP contribution in [0.25, 0.3) is 0 Å². The quantitative estimate of drug-likeness (QED) is 0.301. The van der Waals surface area contributed by atoms with E-state index < -0.39 is 35.0 Å². The third-order valence-corrected chi connectivity index (χ3v) is 7.45. The van der Waals surface area contributed by atoms with Gasteiger partial charge in [0.1, 0.15) is 11.6 Å². The highest BCUT2D eigenvalue weighted by Gasteiger charge is 2.48. The van der Waals surface area contributed by atoms with Gasteiger partial charge in [0.25, 0.3) is 0 Å². The lowest BCUT2D eigenvalue weighted by Gasteiger charge is -2.41. The Labute approximate surface area is 239 Å². The minimum absolute atomic E-state index is 0.0582. The lowest BCUT2D eigenvalue weighted by molar-refractivity contribution is -0.132. The standard InChI is InChI=1S/C31H38ClF2N3O3/c1-3-10-37(11-4-2)29(39)23-15-24(32)18-31(17-23,30(35)40)27(14-22-12-25(33)16-26(34)13-22)28(38)20-36-19-21-8-6-5-7-9-21/h5-9,12-13,15-16,18,27-28,36,38H,3-4,10-11,14,17,19-20H2,1-2H3,(H2,35,40)/t27-,28+,31?/m1/s1. The maximum atomic E-state index is 14.1. The maximum absolute atomic E-state index is 14.1. The Kier molecular flexibility index (Phi) is 11.4. The zero-order valence-corrected chi connectivity index (χ0v) is 23.8. The fraction of sp³-hybridized carbons (Fsp3) is 0.419. The van der Waals surface area contributed by atoms with Gasteiger partial charge in [0.05, 0.1) is 11.5 Å². The van der Waals surface area contributed by atoms with Gasteiger partial charge in [-0.25, -0.2) is 8.78 Å². The van der Waals surface area contributed by atoms with Crippen molar-refractivity contribution in [3.05, 3.63) is 94.0 Å². The van der Waals surface area contributed by atoms with Crippen LogP contribution in [0.3, 0.4) is 0 Å². The van der Waals surface area contributed by atoms with Crippen molar-refractivity contribution in [3.63, 3.8) is 0 Å². The summed E-state index contributed by atoms with van der Waals surface area (Å²) in [4.78, 5) is 28.5. The van der Waals surface area contributed by atoms with E-state index in [4.69, 9.17) is 17.3 Å². The number of carbonyl (C=O) groups excluding carboxylic acids is 2. The van der Waals surface area contributed by atoms with Gasteiger partial charge in [0.15, 0.2) is 0 Å². The van der Waals surface area contributed by atoms with Gasteiger partial charge in [0, 0.05) is 48.8 Å². The third-order valence-electron chi connectivity index (χ3n) is 7.23. The molecule has 0 heterocycles. The number of primary amides is 1. The summed E-state index contributed by atoms with van der Waals surface area (Å²) in [7, 11) is 0. The van der Waals surface area contributed by atoms with Crippen molar-refractivity contribution in [2.75, 3.05) is 19.6 Å². The molecule has 0 fully saturated rings. The molecule has 2 aromatic carbocycles. The van der Waals surface area contributed by atoms with E-state index in [2.05, 4.69) is 5.32 Å². The van der Waals surface area contributed by atoms with E-state index in [9.17, 15) is 23.5 Å². The first kappa shape index (κ1) is 31.5. The predicted molar refractivity (Wildman–Crippen MR) is 153 cm³/mol. The molecule has 0 spiro atoms. The van der Waals surface area contributed by atoms with Crippen LogP contribution in [-0.2, 0) is 22.6 Å². The number of hydrogen-bond donors (Lipinski definition) is 3. The van der Waals surface area contributed by atoms with E-state index in [1.54, 1.807) is 4.90 Å². The number of carbonyl (C=O) groups is 2. The van der Waals surface area contributed by atoms with Crippen molar-refractivity contribution in [2.24, 2.45) is 17.1 Å². The average Bonchev–Trinajstić information content (AvgIpc) is 2.90. The molecule has 2 aromatic rings. The van der Waals surface area contributed by atoms with E-state index in [1.807, 2.05) is 44.2 Å². The summed E-state index contributed by atoms with van der Waals surface area (Å²) < 4.78 is 28.3. The monoisotopic (exact) mass is 573 g/mol. The molecule has 2 amide bonds. The van der Waals surface area contributed by atoms with Crippen LogP contribution in [0.2, 0.25) is 0 Å². The first-order valence-corrected chi connectivity index (χ1v) is 14.0. The molecule has 6 nitrogen and oxygen atoms in total. The lowest BCUT2D eigenvalue weighted by Crippen LogP contribution is -2.51. The van der Waals surface area contributed by atoms with Crippen LogP contribution in [0, 0.1) is 23.0 Å². The highest BCUT2D eigenvalue weighted by atomic mass is 35.5. The van der Waals surface area contributed by atoms with Crippen molar-refractivity contribution in [1.29, 1.82) is 0 Å².